The van der Waals surface area contributed by atoms with Crippen LogP contribution in [0, 0.1) is 0 Å². The molecule has 0 saturated carbocycles. The Morgan fingerprint density at radius 3 is 2.69 bits per heavy atom. The van der Waals surface area contributed by atoms with E-state index in [-0.39, 0.29) is 13.4 Å². The Labute approximate surface area is 149 Å². The molecule has 6 heteroatoms. The number of aliphatic hydroxyl groups is 1. The number of benzene rings is 2. The smallest absolute Gasteiger partial charge is 0.231 e. The van der Waals surface area contributed by atoms with Crippen LogP contribution in [-0.2, 0) is 13.0 Å². The Kier molecular flexibility index (Phi) is 3.43. The molecule has 0 bridgehead atoms. The highest BCUT2D eigenvalue weighted by molar-refractivity contribution is 5.84. The minimum atomic E-state index is -0.125. The first-order chi connectivity index (χ1) is 12.8. The van der Waals surface area contributed by atoms with Gasteiger partial charge >= 0.3 is 0 Å². The van der Waals surface area contributed by atoms with Crippen LogP contribution in [-0.4, -0.2) is 21.7 Å². The molecule has 2 aromatic carbocycles. The van der Waals surface area contributed by atoms with Gasteiger partial charge in [-0.2, -0.15) is 9.78 Å². The van der Waals surface area contributed by atoms with E-state index in [4.69, 9.17) is 13.9 Å². The van der Waals surface area contributed by atoms with Gasteiger partial charge in [0.15, 0.2) is 11.5 Å². The van der Waals surface area contributed by atoms with Gasteiger partial charge in [-0.15, -0.1) is 0 Å². The topological polar surface area (TPSA) is 69.7 Å². The van der Waals surface area contributed by atoms with E-state index in [0.29, 0.717) is 23.8 Å². The molecule has 2 aromatic heterocycles. The number of furan rings is 1. The van der Waals surface area contributed by atoms with E-state index >= 15 is 0 Å². The number of rotatable bonds is 4. The Morgan fingerprint density at radius 1 is 1.08 bits per heavy atom. The molecule has 6 nitrogen and oxygen atoms in total. The molecule has 1 aliphatic heterocycles. The van der Waals surface area contributed by atoms with Crippen LogP contribution in [0.15, 0.2) is 59.3 Å². The summed E-state index contributed by atoms with van der Waals surface area (Å²) in [5, 5.41) is 15.3. The second-order valence-corrected chi connectivity index (χ2v) is 6.19. The van der Waals surface area contributed by atoms with Gasteiger partial charge < -0.3 is 19.0 Å². The van der Waals surface area contributed by atoms with E-state index in [1.54, 1.807) is 17.1 Å². The third kappa shape index (κ3) is 2.34. The standard InChI is InChI=1S/C20H16N2O4/c23-10-16-15(6-13-4-2-1-3-5-13)11-24-20(16)22-17-8-19-18(25-12-26-19)7-14(17)9-21-22/h1-5,7-9,11,23H,6,10,12H2. The molecule has 0 saturated heterocycles. The molecule has 1 N–H and O–H groups in total. The van der Waals surface area contributed by atoms with Gasteiger partial charge in [-0.3, -0.25) is 0 Å². The highest BCUT2D eigenvalue weighted by Gasteiger charge is 2.21. The lowest BCUT2D eigenvalue weighted by atomic mass is 10.0. The summed E-state index contributed by atoms with van der Waals surface area (Å²) in [6.07, 6.45) is 4.12. The molecular weight excluding hydrogens is 332 g/mol. The Hall–Kier alpha value is -3.25. The maximum Gasteiger partial charge on any atom is 0.231 e. The molecule has 0 atom stereocenters. The summed E-state index contributed by atoms with van der Waals surface area (Å²) in [6, 6.07) is 13.9. The van der Waals surface area contributed by atoms with Gasteiger partial charge in [0.25, 0.3) is 0 Å². The lowest BCUT2D eigenvalue weighted by Gasteiger charge is -2.05. The average Bonchev–Trinajstić information content (AvgIpc) is 3.38. The van der Waals surface area contributed by atoms with Crippen molar-refractivity contribution in [3.63, 3.8) is 0 Å². The van der Waals surface area contributed by atoms with E-state index in [0.717, 1.165) is 27.6 Å². The lowest BCUT2D eigenvalue weighted by molar-refractivity contribution is 0.174. The third-order valence-corrected chi connectivity index (χ3v) is 4.61. The van der Waals surface area contributed by atoms with Crippen LogP contribution in [0.2, 0.25) is 0 Å². The highest BCUT2D eigenvalue weighted by Crippen LogP contribution is 2.37. The van der Waals surface area contributed by atoms with Gasteiger partial charge in [0.1, 0.15) is 0 Å². The molecule has 5 rings (SSSR count). The van der Waals surface area contributed by atoms with E-state index in [2.05, 4.69) is 17.2 Å². The zero-order valence-corrected chi connectivity index (χ0v) is 13.9. The Bertz CT molecular complexity index is 1080. The third-order valence-electron chi connectivity index (χ3n) is 4.61. The van der Waals surface area contributed by atoms with Crippen LogP contribution >= 0.6 is 0 Å². The van der Waals surface area contributed by atoms with Crippen LogP contribution in [0.4, 0.5) is 0 Å². The maximum absolute atomic E-state index is 9.95. The quantitative estimate of drug-likeness (QED) is 0.612. The lowest BCUT2D eigenvalue weighted by Crippen LogP contribution is -2.01. The normalized spacial score (nSPS) is 12.8. The summed E-state index contributed by atoms with van der Waals surface area (Å²) < 4.78 is 18.4. The molecule has 0 fully saturated rings. The SMILES string of the molecule is OCc1c(Cc2ccccc2)coc1-n1ncc2cc3c(cc21)OCO3. The molecule has 0 radical (unpaired) electrons. The fourth-order valence-electron chi connectivity index (χ4n) is 3.30. The number of nitrogens with zero attached hydrogens (tertiary/aromatic N) is 2. The van der Waals surface area contributed by atoms with Gasteiger partial charge in [-0.25, -0.2) is 0 Å². The first-order valence-corrected chi connectivity index (χ1v) is 8.35. The molecular formula is C20H16N2O4. The summed E-state index contributed by atoms with van der Waals surface area (Å²) in [6.45, 7) is 0.0964. The molecule has 130 valence electrons. The van der Waals surface area contributed by atoms with Gasteiger partial charge in [0.2, 0.25) is 12.7 Å². The predicted molar refractivity (Wildman–Crippen MR) is 94.6 cm³/mol. The second-order valence-electron chi connectivity index (χ2n) is 6.19. The molecule has 1 aliphatic rings. The van der Waals surface area contributed by atoms with E-state index < -0.39 is 0 Å². The van der Waals surface area contributed by atoms with Crippen LogP contribution in [0.25, 0.3) is 16.8 Å². The summed E-state index contributed by atoms with van der Waals surface area (Å²) in [5.41, 5.74) is 3.67. The average molecular weight is 348 g/mol. The van der Waals surface area contributed by atoms with Gasteiger partial charge in [0, 0.05) is 29.0 Å². The van der Waals surface area contributed by atoms with Crippen molar-refractivity contribution in [2.75, 3.05) is 6.79 Å². The first kappa shape index (κ1) is 15.0. The van der Waals surface area contributed by atoms with Crippen molar-refractivity contribution in [1.82, 2.24) is 9.78 Å². The number of ether oxygens (including phenoxy) is 2. The summed E-state index contributed by atoms with van der Waals surface area (Å²) in [4.78, 5) is 0. The molecule has 0 spiro atoms. The van der Waals surface area contributed by atoms with Crippen LogP contribution in [0.5, 0.6) is 11.5 Å². The zero-order chi connectivity index (χ0) is 17.5. The van der Waals surface area contributed by atoms with Crippen molar-refractivity contribution in [3.05, 3.63) is 71.6 Å². The minimum absolute atomic E-state index is 0.125. The Balaban J connectivity index is 1.59. The maximum atomic E-state index is 9.95. The summed E-state index contributed by atoms with van der Waals surface area (Å²) in [7, 11) is 0. The number of fused-ring (bicyclic) bond motifs is 2. The van der Waals surface area contributed by atoms with Crippen LogP contribution in [0.1, 0.15) is 16.7 Å². The van der Waals surface area contributed by atoms with Gasteiger partial charge in [-0.1, -0.05) is 30.3 Å². The highest BCUT2D eigenvalue weighted by atomic mass is 16.7. The van der Waals surface area contributed by atoms with E-state index in [9.17, 15) is 5.11 Å². The molecule has 3 heterocycles. The van der Waals surface area contributed by atoms with Crippen molar-refractivity contribution in [3.8, 4) is 17.4 Å². The largest absolute Gasteiger partial charge is 0.454 e. The second kappa shape index (κ2) is 5.93. The monoisotopic (exact) mass is 348 g/mol. The molecule has 26 heavy (non-hydrogen) atoms. The van der Waals surface area contributed by atoms with Crippen molar-refractivity contribution in [2.24, 2.45) is 0 Å². The van der Waals surface area contributed by atoms with Crippen molar-refractivity contribution in [2.45, 2.75) is 13.0 Å². The minimum Gasteiger partial charge on any atom is -0.454 e. The van der Waals surface area contributed by atoms with Crippen LogP contribution in [0.3, 0.4) is 0 Å². The Morgan fingerprint density at radius 2 is 1.88 bits per heavy atom. The van der Waals surface area contributed by atoms with Crippen molar-refractivity contribution < 1.29 is 19.0 Å². The zero-order valence-electron chi connectivity index (χ0n) is 13.9. The molecule has 0 unspecified atom stereocenters. The molecule has 0 aliphatic carbocycles. The first-order valence-electron chi connectivity index (χ1n) is 8.35. The number of hydrogen-bond donors (Lipinski definition) is 1. The van der Waals surface area contributed by atoms with Crippen molar-refractivity contribution >= 4 is 10.9 Å². The van der Waals surface area contributed by atoms with Crippen molar-refractivity contribution in [1.29, 1.82) is 0 Å². The van der Waals surface area contributed by atoms with Gasteiger partial charge in [-0.05, 0) is 11.6 Å². The number of aliphatic hydroxyl groups excluding tert-OH is 1. The molecule has 4 aromatic rings. The number of aromatic nitrogens is 2. The van der Waals surface area contributed by atoms with E-state index in [1.807, 2.05) is 30.3 Å². The summed E-state index contributed by atoms with van der Waals surface area (Å²) in [5.74, 6) is 1.91. The summed E-state index contributed by atoms with van der Waals surface area (Å²) >= 11 is 0. The fraction of sp³-hybridized carbons (Fsp3) is 0.150. The number of hydrogen-bond acceptors (Lipinski definition) is 5. The predicted octanol–water partition coefficient (Wildman–Crippen LogP) is 3.43. The van der Waals surface area contributed by atoms with Gasteiger partial charge in [0.05, 0.1) is 24.6 Å². The van der Waals surface area contributed by atoms with E-state index in [1.165, 1.54) is 0 Å². The fourth-order valence-corrected chi connectivity index (χ4v) is 3.30. The van der Waals surface area contributed by atoms with Crippen LogP contribution < -0.4 is 9.47 Å². The molecule has 0 amide bonds.